The van der Waals surface area contributed by atoms with Gasteiger partial charge in [0, 0.05) is 45.7 Å². The molecule has 1 fully saturated rings. The van der Waals surface area contributed by atoms with E-state index < -0.39 is 10.0 Å². The minimum atomic E-state index is -3.30. The minimum absolute atomic E-state index is 0.0461. The zero-order chi connectivity index (χ0) is 18.3. The maximum Gasteiger partial charge on any atom is 0.223 e. The second-order valence-electron chi connectivity index (χ2n) is 6.69. The lowest BCUT2D eigenvalue weighted by molar-refractivity contribution is -0.132. The molecular formula is C18H29N3O3S. The summed E-state index contributed by atoms with van der Waals surface area (Å²) in [6.45, 7) is 3.91. The van der Waals surface area contributed by atoms with Crippen LogP contribution in [0.4, 0.5) is 0 Å². The maximum atomic E-state index is 12.3. The molecule has 0 spiro atoms. The van der Waals surface area contributed by atoms with E-state index in [1.807, 2.05) is 42.3 Å². The summed E-state index contributed by atoms with van der Waals surface area (Å²) in [4.78, 5) is 16.3. The lowest BCUT2D eigenvalue weighted by atomic mass is 10.1. The quantitative estimate of drug-likeness (QED) is 0.689. The van der Waals surface area contributed by atoms with E-state index in [0.717, 1.165) is 39.0 Å². The lowest BCUT2D eigenvalue weighted by Gasteiger charge is -2.33. The van der Waals surface area contributed by atoms with Gasteiger partial charge >= 0.3 is 0 Å². The fourth-order valence-electron chi connectivity index (χ4n) is 2.98. The van der Waals surface area contributed by atoms with Crippen molar-refractivity contribution in [2.45, 2.75) is 19.3 Å². The fraction of sp³-hybridized carbons (Fsp3) is 0.611. The highest BCUT2D eigenvalue weighted by atomic mass is 32.2. The average molecular weight is 368 g/mol. The van der Waals surface area contributed by atoms with Crippen LogP contribution in [0.5, 0.6) is 0 Å². The van der Waals surface area contributed by atoms with Crippen molar-refractivity contribution in [1.82, 2.24) is 14.1 Å². The van der Waals surface area contributed by atoms with Gasteiger partial charge in [-0.25, -0.2) is 12.7 Å². The third-order valence-electron chi connectivity index (χ3n) is 4.62. The van der Waals surface area contributed by atoms with E-state index in [1.54, 1.807) is 0 Å². The highest BCUT2D eigenvalue weighted by Crippen LogP contribution is 2.08. The molecule has 0 saturated carbocycles. The van der Waals surface area contributed by atoms with Crippen molar-refractivity contribution >= 4 is 15.9 Å². The van der Waals surface area contributed by atoms with Crippen LogP contribution in [0.15, 0.2) is 30.3 Å². The highest BCUT2D eigenvalue weighted by molar-refractivity contribution is 7.88. The van der Waals surface area contributed by atoms with Crippen molar-refractivity contribution in [1.29, 1.82) is 0 Å². The summed E-state index contributed by atoms with van der Waals surface area (Å²) in [5, 5.41) is 0. The smallest absolute Gasteiger partial charge is 0.223 e. The van der Waals surface area contributed by atoms with E-state index in [1.165, 1.54) is 16.1 Å². The highest BCUT2D eigenvalue weighted by Gasteiger charge is 2.22. The number of benzene rings is 1. The molecule has 2 rings (SSSR count). The molecule has 0 atom stereocenters. The summed E-state index contributed by atoms with van der Waals surface area (Å²) in [6.07, 6.45) is 3.05. The molecule has 0 radical (unpaired) electrons. The number of hydrogen-bond acceptors (Lipinski definition) is 4. The van der Waals surface area contributed by atoms with Crippen LogP contribution in [0.1, 0.15) is 18.4 Å². The Balaban J connectivity index is 1.80. The second-order valence-corrected chi connectivity index (χ2v) is 8.67. The van der Waals surface area contributed by atoms with E-state index in [9.17, 15) is 13.2 Å². The fourth-order valence-corrected chi connectivity index (χ4v) is 3.87. The van der Waals surface area contributed by atoms with Crippen molar-refractivity contribution in [2.24, 2.45) is 0 Å². The van der Waals surface area contributed by atoms with Gasteiger partial charge in [-0.1, -0.05) is 30.3 Å². The zero-order valence-corrected chi connectivity index (χ0v) is 16.0. The number of aryl methyl sites for hydroxylation is 1. The number of rotatable bonds is 8. The van der Waals surface area contributed by atoms with Crippen molar-refractivity contribution in [3.63, 3.8) is 0 Å². The first-order valence-electron chi connectivity index (χ1n) is 8.81. The van der Waals surface area contributed by atoms with Gasteiger partial charge in [-0.15, -0.1) is 0 Å². The molecule has 0 unspecified atom stereocenters. The first-order valence-corrected chi connectivity index (χ1v) is 10.7. The molecule has 7 heteroatoms. The van der Waals surface area contributed by atoms with Crippen LogP contribution in [0, 0.1) is 0 Å². The van der Waals surface area contributed by atoms with E-state index >= 15 is 0 Å². The third kappa shape index (κ3) is 6.76. The second kappa shape index (κ2) is 9.31. The van der Waals surface area contributed by atoms with Crippen LogP contribution in [0.3, 0.4) is 0 Å². The van der Waals surface area contributed by atoms with E-state index in [-0.39, 0.29) is 18.9 Å². The number of nitrogens with zero attached hydrogens (tertiary/aromatic N) is 3. The average Bonchev–Trinajstić information content (AvgIpc) is 2.58. The first-order chi connectivity index (χ1) is 11.9. The molecule has 0 N–H and O–H groups in total. The van der Waals surface area contributed by atoms with Gasteiger partial charge in [0.1, 0.15) is 0 Å². The van der Waals surface area contributed by atoms with Gasteiger partial charge in [-0.3, -0.25) is 4.79 Å². The predicted octanol–water partition coefficient (Wildman–Crippen LogP) is 1.04. The number of sulfonamides is 1. The van der Waals surface area contributed by atoms with Crippen molar-refractivity contribution < 1.29 is 13.2 Å². The SMILES string of the molecule is CN1CCN(C(=O)CCN(CCCc2ccccc2)S(C)(=O)=O)CC1. The molecule has 0 bridgehead atoms. The predicted molar refractivity (Wildman–Crippen MR) is 99.9 cm³/mol. The number of piperazine rings is 1. The summed E-state index contributed by atoms with van der Waals surface area (Å²) in [7, 11) is -1.26. The summed E-state index contributed by atoms with van der Waals surface area (Å²) in [5.41, 5.74) is 1.20. The Morgan fingerprint density at radius 2 is 1.72 bits per heavy atom. The van der Waals surface area contributed by atoms with E-state index in [4.69, 9.17) is 0 Å². The largest absolute Gasteiger partial charge is 0.340 e. The van der Waals surface area contributed by atoms with E-state index in [2.05, 4.69) is 4.90 Å². The van der Waals surface area contributed by atoms with Crippen LogP contribution >= 0.6 is 0 Å². The molecule has 6 nitrogen and oxygen atoms in total. The van der Waals surface area contributed by atoms with Gasteiger partial charge in [0.15, 0.2) is 0 Å². The topological polar surface area (TPSA) is 60.9 Å². The molecule has 1 saturated heterocycles. The number of hydrogen-bond donors (Lipinski definition) is 0. The third-order valence-corrected chi connectivity index (χ3v) is 5.92. The van der Waals surface area contributed by atoms with Gasteiger partial charge < -0.3 is 9.80 Å². The number of amides is 1. The Labute approximate surface area is 151 Å². The van der Waals surface area contributed by atoms with Gasteiger partial charge in [0.25, 0.3) is 0 Å². The molecule has 140 valence electrons. The summed E-state index contributed by atoms with van der Waals surface area (Å²) in [5.74, 6) is 0.0461. The Hall–Kier alpha value is -1.44. The van der Waals surface area contributed by atoms with Crippen molar-refractivity contribution in [2.75, 3.05) is 52.6 Å². The molecule has 1 aliphatic rings. The van der Waals surface area contributed by atoms with E-state index in [0.29, 0.717) is 6.54 Å². The number of carbonyl (C=O) groups excluding carboxylic acids is 1. The van der Waals surface area contributed by atoms with Gasteiger partial charge in [-0.05, 0) is 25.5 Å². The molecule has 1 amide bonds. The Bertz CT molecular complexity index is 641. The van der Waals surface area contributed by atoms with Crippen molar-refractivity contribution in [3.8, 4) is 0 Å². The zero-order valence-electron chi connectivity index (χ0n) is 15.2. The van der Waals surface area contributed by atoms with Gasteiger partial charge in [-0.2, -0.15) is 0 Å². The van der Waals surface area contributed by atoms with Crippen LogP contribution in [-0.4, -0.2) is 81.0 Å². The number of likely N-dealkylation sites (N-methyl/N-ethyl adjacent to an activating group) is 1. The maximum absolute atomic E-state index is 12.3. The Kier molecular flexibility index (Phi) is 7.40. The monoisotopic (exact) mass is 367 g/mol. The normalized spacial score (nSPS) is 16.4. The molecule has 1 aliphatic heterocycles. The van der Waals surface area contributed by atoms with Crippen LogP contribution < -0.4 is 0 Å². The molecule has 0 aliphatic carbocycles. The van der Waals surface area contributed by atoms with Gasteiger partial charge in [0.2, 0.25) is 15.9 Å². The Morgan fingerprint density at radius 3 is 2.32 bits per heavy atom. The van der Waals surface area contributed by atoms with Gasteiger partial charge in [0.05, 0.1) is 6.26 Å². The van der Waals surface area contributed by atoms with Crippen molar-refractivity contribution in [3.05, 3.63) is 35.9 Å². The summed E-state index contributed by atoms with van der Waals surface area (Å²) < 4.78 is 25.4. The molecule has 1 aromatic carbocycles. The lowest BCUT2D eigenvalue weighted by Crippen LogP contribution is -2.48. The molecule has 1 heterocycles. The molecular weight excluding hydrogens is 338 g/mol. The Morgan fingerprint density at radius 1 is 1.08 bits per heavy atom. The minimum Gasteiger partial charge on any atom is -0.340 e. The van der Waals surface area contributed by atoms with Crippen LogP contribution in [-0.2, 0) is 21.2 Å². The summed E-state index contributed by atoms with van der Waals surface area (Å²) in [6, 6.07) is 10.0. The molecule has 25 heavy (non-hydrogen) atoms. The summed E-state index contributed by atoms with van der Waals surface area (Å²) >= 11 is 0. The number of carbonyl (C=O) groups is 1. The first kappa shape index (κ1) is 19.9. The molecule has 1 aromatic rings. The van der Waals surface area contributed by atoms with Crippen LogP contribution in [0.2, 0.25) is 0 Å². The molecule has 0 aromatic heterocycles. The van der Waals surface area contributed by atoms with Crippen LogP contribution in [0.25, 0.3) is 0 Å². The standard InChI is InChI=1S/C18H29N3O3S/c1-19-13-15-20(16-14-19)18(22)10-12-21(25(2,23)24)11-6-9-17-7-4-3-5-8-17/h3-5,7-8H,6,9-16H2,1-2H3.